The predicted octanol–water partition coefficient (Wildman–Crippen LogP) is 3.00. The van der Waals surface area contributed by atoms with Crippen LogP contribution in [0, 0.1) is 22.7 Å². The molecule has 0 fully saturated rings. The van der Waals surface area contributed by atoms with Crippen molar-refractivity contribution in [1.29, 1.82) is 10.5 Å². The molecule has 1 aliphatic heterocycles. The minimum atomic E-state index is -0.812. The van der Waals surface area contributed by atoms with Crippen LogP contribution in [0.4, 0.5) is 0 Å². The number of methoxy groups -OCH3 is 1. The number of ether oxygens (including phenoxy) is 4. The third-order valence-corrected chi connectivity index (χ3v) is 4.56. The van der Waals surface area contributed by atoms with Gasteiger partial charge in [-0.15, -0.1) is 0 Å². The normalized spacial score (nSPS) is 16.0. The summed E-state index contributed by atoms with van der Waals surface area (Å²) in [7, 11) is 1.44. The minimum Gasteiger partial charge on any atom is -0.493 e. The van der Waals surface area contributed by atoms with Crippen LogP contribution in [-0.4, -0.2) is 26.3 Å². The summed E-state index contributed by atoms with van der Waals surface area (Å²) in [6.07, 6.45) is 0. The highest BCUT2D eigenvalue weighted by Gasteiger charge is 2.37. The molecule has 0 spiro atoms. The lowest BCUT2D eigenvalue weighted by Crippen LogP contribution is -2.25. The number of halogens is 1. The standard InChI is InChI=1S/C19H18BrN3O5/c1-4-26-19(24)15-10(2)28-18(23)12(9-22)16(15)11-7-13(20)17(27-6-5-21)14(8-11)25-3/h7-8,16H,4,6,23H2,1-3H3. The number of rotatable bonds is 6. The molecule has 0 saturated carbocycles. The second-order valence-electron chi connectivity index (χ2n) is 5.60. The third-order valence-electron chi connectivity index (χ3n) is 3.97. The van der Waals surface area contributed by atoms with Gasteiger partial charge in [-0.1, -0.05) is 0 Å². The second kappa shape index (κ2) is 9.16. The Morgan fingerprint density at radius 3 is 2.68 bits per heavy atom. The van der Waals surface area contributed by atoms with Crippen molar-refractivity contribution < 1.29 is 23.7 Å². The van der Waals surface area contributed by atoms with Gasteiger partial charge in [0.1, 0.15) is 23.5 Å². The molecule has 28 heavy (non-hydrogen) atoms. The van der Waals surface area contributed by atoms with E-state index in [0.717, 1.165) is 0 Å². The Kier molecular flexibility index (Phi) is 6.91. The maximum atomic E-state index is 12.6. The fraction of sp³-hybridized carbons (Fsp3) is 0.316. The van der Waals surface area contributed by atoms with Gasteiger partial charge < -0.3 is 24.7 Å². The van der Waals surface area contributed by atoms with E-state index in [1.165, 1.54) is 7.11 Å². The molecule has 146 valence electrons. The number of hydrogen-bond donors (Lipinski definition) is 1. The van der Waals surface area contributed by atoms with Gasteiger partial charge in [-0.3, -0.25) is 0 Å². The molecule has 0 saturated heterocycles. The Bertz CT molecular complexity index is 940. The molecule has 0 bridgehead atoms. The summed E-state index contributed by atoms with van der Waals surface area (Å²) in [6.45, 7) is 3.26. The number of allylic oxidation sites excluding steroid dienone is 2. The van der Waals surface area contributed by atoms with E-state index in [9.17, 15) is 10.1 Å². The summed E-state index contributed by atoms with van der Waals surface area (Å²) in [5.74, 6) is -0.604. The van der Waals surface area contributed by atoms with Crippen molar-refractivity contribution in [2.24, 2.45) is 5.73 Å². The van der Waals surface area contributed by atoms with Crippen LogP contribution in [0.3, 0.4) is 0 Å². The molecule has 9 heteroatoms. The first-order valence-electron chi connectivity index (χ1n) is 8.22. The van der Waals surface area contributed by atoms with Crippen LogP contribution in [-0.2, 0) is 14.3 Å². The summed E-state index contributed by atoms with van der Waals surface area (Å²) in [4.78, 5) is 12.6. The fourth-order valence-electron chi connectivity index (χ4n) is 2.84. The van der Waals surface area contributed by atoms with Crippen molar-refractivity contribution in [3.63, 3.8) is 0 Å². The molecule has 2 rings (SSSR count). The van der Waals surface area contributed by atoms with E-state index in [1.807, 2.05) is 12.1 Å². The molecule has 0 aliphatic carbocycles. The SMILES string of the molecule is CCOC(=O)C1=C(C)OC(N)=C(C#N)C1c1cc(Br)c(OCC#N)c(OC)c1. The maximum absolute atomic E-state index is 12.6. The quantitative estimate of drug-likeness (QED) is 0.658. The van der Waals surface area contributed by atoms with E-state index in [4.69, 9.17) is 29.9 Å². The molecule has 1 unspecified atom stereocenters. The van der Waals surface area contributed by atoms with Gasteiger partial charge in [-0.25, -0.2) is 4.79 Å². The number of hydrogen-bond acceptors (Lipinski definition) is 8. The molecule has 0 aromatic heterocycles. The lowest BCUT2D eigenvalue weighted by molar-refractivity contribution is -0.139. The highest BCUT2D eigenvalue weighted by molar-refractivity contribution is 9.10. The highest BCUT2D eigenvalue weighted by Crippen LogP contribution is 2.45. The zero-order valence-corrected chi connectivity index (χ0v) is 17.1. The Hall–Kier alpha value is -3.17. The van der Waals surface area contributed by atoms with Gasteiger partial charge in [0.05, 0.1) is 29.7 Å². The molecule has 0 radical (unpaired) electrons. The van der Waals surface area contributed by atoms with Gasteiger partial charge in [0.15, 0.2) is 18.1 Å². The van der Waals surface area contributed by atoms with E-state index < -0.39 is 11.9 Å². The number of benzene rings is 1. The van der Waals surface area contributed by atoms with Crippen molar-refractivity contribution in [2.45, 2.75) is 19.8 Å². The number of carbonyl (C=O) groups excluding carboxylic acids is 1. The van der Waals surface area contributed by atoms with Crippen LogP contribution in [0.15, 0.2) is 39.4 Å². The first kappa shape index (κ1) is 21.1. The lowest BCUT2D eigenvalue weighted by atomic mass is 9.83. The number of esters is 1. The van der Waals surface area contributed by atoms with Crippen LogP contribution >= 0.6 is 15.9 Å². The largest absolute Gasteiger partial charge is 0.493 e. The predicted molar refractivity (Wildman–Crippen MR) is 102 cm³/mol. The number of nitrogens with zero attached hydrogens (tertiary/aromatic N) is 2. The summed E-state index contributed by atoms with van der Waals surface area (Å²) in [5.41, 5.74) is 6.68. The van der Waals surface area contributed by atoms with Crippen LogP contribution in [0.5, 0.6) is 11.5 Å². The monoisotopic (exact) mass is 447 g/mol. The molecule has 1 aliphatic rings. The average molecular weight is 448 g/mol. The second-order valence-corrected chi connectivity index (χ2v) is 6.45. The molecule has 8 nitrogen and oxygen atoms in total. The van der Waals surface area contributed by atoms with Crippen LogP contribution in [0.25, 0.3) is 0 Å². The molecule has 1 aromatic carbocycles. The molecule has 1 aromatic rings. The molecule has 1 atom stereocenters. The Labute approximate surface area is 170 Å². The Balaban J connectivity index is 2.68. The Morgan fingerprint density at radius 1 is 1.39 bits per heavy atom. The van der Waals surface area contributed by atoms with Gasteiger partial charge in [0.2, 0.25) is 5.88 Å². The Morgan fingerprint density at radius 2 is 2.11 bits per heavy atom. The zero-order chi connectivity index (χ0) is 20.8. The number of nitriles is 2. The highest BCUT2D eigenvalue weighted by atomic mass is 79.9. The van der Waals surface area contributed by atoms with Gasteiger partial charge in [-0.2, -0.15) is 10.5 Å². The van der Waals surface area contributed by atoms with E-state index >= 15 is 0 Å². The van der Waals surface area contributed by atoms with Crippen LogP contribution in [0.2, 0.25) is 0 Å². The summed E-state index contributed by atoms with van der Waals surface area (Å²) in [6, 6.07) is 7.18. The molecule has 1 heterocycles. The summed E-state index contributed by atoms with van der Waals surface area (Å²) < 4.78 is 21.8. The van der Waals surface area contributed by atoms with Gasteiger partial charge in [0.25, 0.3) is 0 Å². The van der Waals surface area contributed by atoms with Crippen LogP contribution in [0.1, 0.15) is 25.3 Å². The molecular weight excluding hydrogens is 430 g/mol. The van der Waals surface area contributed by atoms with Crippen molar-refractivity contribution >= 4 is 21.9 Å². The van der Waals surface area contributed by atoms with Gasteiger partial charge >= 0.3 is 5.97 Å². The molecule has 0 amide bonds. The van der Waals surface area contributed by atoms with Crippen molar-refractivity contribution in [1.82, 2.24) is 0 Å². The van der Waals surface area contributed by atoms with E-state index in [0.29, 0.717) is 21.5 Å². The van der Waals surface area contributed by atoms with E-state index in [2.05, 4.69) is 15.9 Å². The summed E-state index contributed by atoms with van der Waals surface area (Å²) in [5, 5.41) is 18.4. The smallest absolute Gasteiger partial charge is 0.338 e. The van der Waals surface area contributed by atoms with Gasteiger partial charge in [0, 0.05) is 0 Å². The number of carbonyl (C=O) groups is 1. The zero-order valence-electron chi connectivity index (χ0n) is 15.5. The third kappa shape index (κ3) is 4.05. The molecule has 2 N–H and O–H groups in total. The van der Waals surface area contributed by atoms with E-state index in [1.54, 1.807) is 26.0 Å². The average Bonchev–Trinajstić information content (AvgIpc) is 2.66. The number of nitrogens with two attached hydrogens (primary N) is 1. The first-order chi connectivity index (χ1) is 13.4. The van der Waals surface area contributed by atoms with E-state index in [-0.39, 0.29) is 36.0 Å². The fourth-order valence-corrected chi connectivity index (χ4v) is 3.41. The van der Waals surface area contributed by atoms with Crippen molar-refractivity contribution in [3.8, 4) is 23.6 Å². The van der Waals surface area contributed by atoms with Crippen molar-refractivity contribution in [3.05, 3.63) is 45.0 Å². The molecular formula is C19H18BrN3O5. The minimum absolute atomic E-state index is 0.0771. The van der Waals surface area contributed by atoms with Crippen LogP contribution < -0.4 is 15.2 Å². The summed E-state index contributed by atoms with van der Waals surface area (Å²) >= 11 is 3.39. The maximum Gasteiger partial charge on any atom is 0.338 e. The van der Waals surface area contributed by atoms with Gasteiger partial charge in [-0.05, 0) is 47.5 Å². The first-order valence-corrected chi connectivity index (χ1v) is 9.01. The van der Waals surface area contributed by atoms with Crippen molar-refractivity contribution in [2.75, 3.05) is 20.3 Å². The lowest BCUT2D eigenvalue weighted by Gasteiger charge is -2.27. The topological polar surface area (TPSA) is 128 Å².